The summed E-state index contributed by atoms with van der Waals surface area (Å²) in [5.74, 6) is 0.885. The number of aromatic nitrogens is 5. The zero-order valence-electron chi connectivity index (χ0n) is 13.0. The fourth-order valence-electron chi connectivity index (χ4n) is 2.41. The van der Waals surface area contributed by atoms with Gasteiger partial charge in [-0.15, -0.1) is 0 Å². The van der Waals surface area contributed by atoms with Crippen molar-refractivity contribution in [2.75, 3.05) is 7.11 Å². The van der Waals surface area contributed by atoms with Gasteiger partial charge in [-0.2, -0.15) is 5.10 Å². The third kappa shape index (κ3) is 2.78. The molecule has 0 aliphatic carbocycles. The average Bonchev–Trinajstić information content (AvgIpc) is 3.16. The lowest BCUT2D eigenvalue weighted by Gasteiger charge is -2.14. The van der Waals surface area contributed by atoms with Crippen molar-refractivity contribution < 1.29 is 4.74 Å². The molecule has 6 heteroatoms. The van der Waals surface area contributed by atoms with Gasteiger partial charge in [-0.25, -0.2) is 4.98 Å². The molecule has 3 heterocycles. The molecule has 0 aromatic carbocycles. The van der Waals surface area contributed by atoms with Gasteiger partial charge < -0.3 is 9.30 Å². The monoisotopic (exact) mass is 297 g/mol. The molecule has 3 aromatic rings. The zero-order chi connectivity index (χ0) is 15.5. The molecule has 0 spiro atoms. The number of rotatable bonds is 5. The van der Waals surface area contributed by atoms with Crippen molar-refractivity contribution in [2.24, 2.45) is 7.05 Å². The van der Waals surface area contributed by atoms with Gasteiger partial charge >= 0.3 is 0 Å². The summed E-state index contributed by atoms with van der Waals surface area (Å²) >= 11 is 0. The maximum atomic E-state index is 5.35. The van der Waals surface area contributed by atoms with E-state index in [0.717, 1.165) is 29.2 Å². The second kappa shape index (κ2) is 6.11. The van der Waals surface area contributed by atoms with E-state index in [4.69, 9.17) is 4.74 Å². The normalized spacial score (nSPS) is 12.5. The lowest BCUT2D eigenvalue weighted by molar-refractivity contribution is 0.103. The van der Waals surface area contributed by atoms with E-state index in [1.54, 1.807) is 24.2 Å². The van der Waals surface area contributed by atoms with Gasteiger partial charge in [0.05, 0.1) is 24.5 Å². The Labute approximate surface area is 129 Å². The topological polar surface area (TPSA) is 57.8 Å². The Kier molecular flexibility index (Phi) is 4.02. The predicted molar refractivity (Wildman–Crippen MR) is 84.1 cm³/mol. The van der Waals surface area contributed by atoms with Gasteiger partial charge in [-0.3, -0.25) is 9.67 Å². The van der Waals surface area contributed by atoms with Crippen LogP contribution in [0.5, 0.6) is 0 Å². The molecule has 0 N–H and O–H groups in total. The van der Waals surface area contributed by atoms with Gasteiger partial charge in [0, 0.05) is 50.1 Å². The van der Waals surface area contributed by atoms with Gasteiger partial charge in [0.25, 0.3) is 0 Å². The van der Waals surface area contributed by atoms with Crippen molar-refractivity contribution in [3.63, 3.8) is 0 Å². The third-order valence-electron chi connectivity index (χ3n) is 3.60. The van der Waals surface area contributed by atoms with Crippen LogP contribution in [0, 0.1) is 0 Å². The molecule has 0 aliphatic rings. The number of ether oxygens (including phenoxy) is 1. The number of nitrogens with zero attached hydrogens (tertiary/aromatic N) is 5. The molecule has 3 aromatic heterocycles. The first-order valence-electron chi connectivity index (χ1n) is 7.17. The lowest BCUT2D eigenvalue weighted by atomic mass is 10.1. The molecule has 114 valence electrons. The highest BCUT2D eigenvalue weighted by molar-refractivity contribution is 5.76. The number of methoxy groups -OCH3 is 1. The minimum atomic E-state index is 0.117. The summed E-state index contributed by atoms with van der Waals surface area (Å²) in [7, 11) is 3.61. The number of hydrogen-bond acceptors (Lipinski definition) is 4. The Hall–Kier alpha value is -2.47. The molecule has 0 saturated carbocycles. The fraction of sp³-hybridized carbons (Fsp3) is 0.312. The van der Waals surface area contributed by atoms with Crippen LogP contribution in [0.2, 0.25) is 0 Å². The lowest BCUT2D eigenvalue weighted by Crippen LogP contribution is -2.15. The molecule has 6 nitrogen and oxygen atoms in total. The van der Waals surface area contributed by atoms with Crippen molar-refractivity contribution in [3.05, 3.63) is 43.1 Å². The summed E-state index contributed by atoms with van der Waals surface area (Å²) in [5, 5.41) is 4.23. The van der Waals surface area contributed by atoms with Crippen LogP contribution in [-0.4, -0.2) is 37.5 Å². The highest BCUT2D eigenvalue weighted by atomic mass is 16.5. The molecule has 0 fully saturated rings. The minimum Gasteiger partial charge on any atom is -0.380 e. The van der Waals surface area contributed by atoms with E-state index < -0.39 is 0 Å². The van der Waals surface area contributed by atoms with Crippen molar-refractivity contribution >= 4 is 0 Å². The van der Waals surface area contributed by atoms with Crippen molar-refractivity contribution in [2.45, 2.75) is 19.6 Å². The molecule has 0 saturated heterocycles. The highest BCUT2D eigenvalue weighted by Crippen LogP contribution is 2.28. The maximum Gasteiger partial charge on any atom is 0.142 e. The quantitative estimate of drug-likeness (QED) is 0.725. The number of imidazole rings is 1. The molecule has 1 unspecified atom stereocenters. The van der Waals surface area contributed by atoms with Crippen LogP contribution in [0.3, 0.4) is 0 Å². The fourth-order valence-corrected chi connectivity index (χ4v) is 2.41. The van der Waals surface area contributed by atoms with E-state index >= 15 is 0 Å². The molecule has 22 heavy (non-hydrogen) atoms. The second-order valence-corrected chi connectivity index (χ2v) is 5.25. The second-order valence-electron chi connectivity index (χ2n) is 5.25. The van der Waals surface area contributed by atoms with E-state index in [1.807, 2.05) is 44.7 Å². The van der Waals surface area contributed by atoms with Crippen LogP contribution in [0.15, 0.2) is 43.1 Å². The summed E-state index contributed by atoms with van der Waals surface area (Å²) < 4.78 is 9.21. The Morgan fingerprint density at radius 1 is 1.27 bits per heavy atom. The van der Waals surface area contributed by atoms with Gasteiger partial charge in [0.1, 0.15) is 5.82 Å². The van der Waals surface area contributed by atoms with Gasteiger partial charge in [0.2, 0.25) is 0 Å². The van der Waals surface area contributed by atoms with Crippen LogP contribution in [0.25, 0.3) is 22.6 Å². The van der Waals surface area contributed by atoms with E-state index in [0.29, 0.717) is 0 Å². The Morgan fingerprint density at radius 3 is 2.86 bits per heavy atom. The molecule has 1 atom stereocenters. The van der Waals surface area contributed by atoms with Crippen molar-refractivity contribution in [1.29, 1.82) is 0 Å². The number of hydrogen-bond donors (Lipinski definition) is 0. The Morgan fingerprint density at radius 2 is 2.14 bits per heavy atom. The molecule has 0 bridgehead atoms. The first-order valence-corrected chi connectivity index (χ1v) is 7.17. The number of aryl methyl sites for hydroxylation is 1. The maximum absolute atomic E-state index is 5.35. The van der Waals surface area contributed by atoms with E-state index in [1.165, 1.54) is 0 Å². The molecule has 0 amide bonds. The SMILES string of the molecule is COC(C)Cn1ccnc1-c1cccnc1-c1cnn(C)c1. The first kappa shape index (κ1) is 14.5. The summed E-state index contributed by atoms with van der Waals surface area (Å²) in [6.45, 7) is 2.78. The standard InChI is InChI=1S/C16H19N5O/c1-12(22-3)10-21-8-7-18-16(21)14-5-4-6-17-15(14)13-9-19-20(2)11-13/h4-9,11-12H,10H2,1-3H3. The third-order valence-corrected chi connectivity index (χ3v) is 3.60. The predicted octanol–water partition coefficient (Wildman–Crippen LogP) is 2.38. The Bertz CT molecular complexity index is 761. The Balaban J connectivity index is 2.05. The zero-order valence-corrected chi connectivity index (χ0v) is 13.0. The first-order chi connectivity index (χ1) is 10.7. The van der Waals surface area contributed by atoms with Gasteiger partial charge in [-0.05, 0) is 19.1 Å². The largest absolute Gasteiger partial charge is 0.380 e. The van der Waals surface area contributed by atoms with Crippen LogP contribution in [0.1, 0.15) is 6.92 Å². The van der Waals surface area contributed by atoms with Gasteiger partial charge in [-0.1, -0.05) is 0 Å². The van der Waals surface area contributed by atoms with E-state index in [2.05, 4.69) is 19.6 Å². The number of pyridine rings is 1. The van der Waals surface area contributed by atoms with Crippen LogP contribution in [-0.2, 0) is 18.3 Å². The summed E-state index contributed by atoms with van der Waals surface area (Å²) in [4.78, 5) is 9.03. The summed E-state index contributed by atoms with van der Waals surface area (Å²) in [6.07, 6.45) is 9.44. The summed E-state index contributed by atoms with van der Waals surface area (Å²) in [5.41, 5.74) is 2.85. The minimum absolute atomic E-state index is 0.117. The highest BCUT2D eigenvalue weighted by Gasteiger charge is 2.15. The van der Waals surface area contributed by atoms with E-state index in [-0.39, 0.29) is 6.10 Å². The van der Waals surface area contributed by atoms with Crippen LogP contribution < -0.4 is 0 Å². The molecular formula is C16H19N5O. The molecule has 0 aliphatic heterocycles. The smallest absolute Gasteiger partial charge is 0.142 e. The molecule has 3 rings (SSSR count). The average molecular weight is 297 g/mol. The van der Waals surface area contributed by atoms with Gasteiger partial charge in [0.15, 0.2) is 0 Å². The van der Waals surface area contributed by atoms with Crippen LogP contribution >= 0.6 is 0 Å². The van der Waals surface area contributed by atoms with Crippen molar-refractivity contribution in [1.82, 2.24) is 24.3 Å². The molecular weight excluding hydrogens is 278 g/mol. The summed E-state index contributed by atoms with van der Waals surface area (Å²) in [6, 6.07) is 3.96. The van der Waals surface area contributed by atoms with Crippen LogP contribution in [0.4, 0.5) is 0 Å². The molecule has 0 radical (unpaired) electrons. The van der Waals surface area contributed by atoms with Crippen molar-refractivity contribution in [3.8, 4) is 22.6 Å². The van der Waals surface area contributed by atoms with E-state index in [9.17, 15) is 0 Å².